The number of carbonyl (C=O) groups is 2. The minimum absolute atomic E-state index is 0.0234. The minimum Gasteiger partial charge on any atom is -0.323 e. The summed E-state index contributed by atoms with van der Waals surface area (Å²) in [7, 11) is 0. The van der Waals surface area contributed by atoms with Crippen molar-refractivity contribution in [2.75, 3.05) is 13.2 Å². The summed E-state index contributed by atoms with van der Waals surface area (Å²) in [6, 6.07) is -0.202. The predicted molar refractivity (Wildman–Crippen MR) is 96.2 cm³/mol. The highest BCUT2D eigenvalue weighted by Gasteiger charge is 2.68. The minimum atomic E-state index is -0.610. The Labute approximate surface area is 158 Å². The fraction of sp³-hybridized carbons (Fsp3) is 0.700. The van der Waals surface area contributed by atoms with E-state index in [2.05, 4.69) is 20.2 Å². The molecule has 3 saturated carbocycles. The number of urea groups is 1. The number of imide groups is 1. The van der Waals surface area contributed by atoms with Crippen molar-refractivity contribution in [3.05, 3.63) is 23.8 Å². The summed E-state index contributed by atoms with van der Waals surface area (Å²) in [6.45, 7) is 1.80. The Morgan fingerprint density at radius 1 is 1.15 bits per heavy atom. The molecular weight excluding hydrogens is 342 g/mol. The van der Waals surface area contributed by atoms with E-state index in [0.29, 0.717) is 31.0 Å². The average molecular weight is 367 g/mol. The summed E-state index contributed by atoms with van der Waals surface area (Å²) < 4.78 is 0. The molecule has 2 bridgehead atoms. The van der Waals surface area contributed by atoms with E-state index in [1.807, 2.05) is 0 Å². The van der Waals surface area contributed by atoms with Crippen molar-refractivity contribution in [2.45, 2.75) is 50.6 Å². The van der Waals surface area contributed by atoms with Crippen LogP contribution in [-0.2, 0) is 17.8 Å². The van der Waals surface area contributed by atoms with E-state index in [0.717, 1.165) is 43.1 Å². The zero-order valence-electron chi connectivity index (χ0n) is 15.4. The van der Waals surface area contributed by atoms with Crippen LogP contribution >= 0.6 is 0 Å². The largest absolute Gasteiger partial charge is 0.326 e. The quantitative estimate of drug-likeness (QED) is 0.802. The summed E-state index contributed by atoms with van der Waals surface area (Å²) in [6.07, 6.45) is 10.1. The molecule has 27 heavy (non-hydrogen) atoms. The molecule has 3 aliphatic carbocycles. The Morgan fingerprint density at radius 3 is 2.85 bits per heavy atom. The van der Waals surface area contributed by atoms with Gasteiger partial charge in [-0.2, -0.15) is 0 Å². The lowest BCUT2D eigenvalue weighted by Gasteiger charge is -2.38. The van der Waals surface area contributed by atoms with Crippen LogP contribution in [0.1, 0.15) is 43.5 Å². The van der Waals surface area contributed by atoms with Gasteiger partial charge in [-0.15, -0.1) is 0 Å². The normalized spacial score (nSPS) is 39.9. The Hall–Kier alpha value is -2.02. The van der Waals surface area contributed by atoms with Crippen molar-refractivity contribution in [1.29, 1.82) is 0 Å². The molecule has 7 nitrogen and oxygen atoms in total. The first-order valence-electron chi connectivity index (χ1n) is 10.3. The third-order valence-corrected chi connectivity index (χ3v) is 7.96. The molecule has 0 aromatic carbocycles. The van der Waals surface area contributed by atoms with Gasteiger partial charge in [-0.1, -0.05) is 6.42 Å². The van der Waals surface area contributed by atoms with Crippen LogP contribution in [0.4, 0.5) is 4.79 Å². The van der Waals surface area contributed by atoms with Crippen LogP contribution in [0.2, 0.25) is 0 Å². The van der Waals surface area contributed by atoms with Crippen molar-refractivity contribution in [3.8, 4) is 0 Å². The third-order valence-electron chi connectivity index (χ3n) is 7.96. The van der Waals surface area contributed by atoms with E-state index in [-0.39, 0.29) is 11.9 Å². The van der Waals surface area contributed by atoms with Gasteiger partial charge in [0.1, 0.15) is 5.54 Å². The Morgan fingerprint density at radius 2 is 1.96 bits per heavy atom. The number of nitrogens with zero attached hydrogens (tertiary/aromatic N) is 4. The van der Waals surface area contributed by atoms with Crippen LogP contribution in [-0.4, -0.2) is 50.5 Å². The molecule has 4 fully saturated rings. The summed E-state index contributed by atoms with van der Waals surface area (Å²) in [4.78, 5) is 38.6. The van der Waals surface area contributed by atoms with Crippen molar-refractivity contribution in [1.82, 2.24) is 25.1 Å². The van der Waals surface area contributed by atoms with Crippen LogP contribution in [0.5, 0.6) is 0 Å². The van der Waals surface area contributed by atoms with E-state index in [9.17, 15) is 9.59 Å². The second kappa shape index (κ2) is 5.50. The summed E-state index contributed by atoms with van der Waals surface area (Å²) in [5.74, 6) is 2.45. The van der Waals surface area contributed by atoms with E-state index in [1.54, 1.807) is 12.4 Å². The molecule has 5 atom stereocenters. The van der Waals surface area contributed by atoms with Gasteiger partial charge in [0.2, 0.25) is 0 Å². The summed E-state index contributed by atoms with van der Waals surface area (Å²) in [5.41, 5.74) is 1.38. The highest BCUT2D eigenvalue weighted by molar-refractivity contribution is 6.07. The number of aromatic nitrogens is 2. The molecule has 3 heterocycles. The Kier molecular flexibility index (Phi) is 3.26. The van der Waals surface area contributed by atoms with Crippen molar-refractivity contribution in [2.24, 2.45) is 23.7 Å². The maximum absolute atomic E-state index is 13.4. The molecule has 5 unspecified atom stereocenters. The maximum atomic E-state index is 13.4. The lowest BCUT2D eigenvalue weighted by molar-refractivity contribution is -0.135. The monoisotopic (exact) mass is 367 g/mol. The number of rotatable bonds is 2. The van der Waals surface area contributed by atoms with Crippen LogP contribution in [0, 0.1) is 23.7 Å². The van der Waals surface area contributed by atoms with Crippen LogP contribution in [0.25, 0.3) is 0 Å². The Bertz CT molecular complexity index is 828. The second-order valence-electron chi connectivity index (χ2n) is 9.09. The average Bonchev–Trinajstić information content (AvgIpc) is 3.41. The SMILES string of the molecule is O=C1NC2(CC3CC2C2CCCC32)C(=O)N1CN1CCc2nccnc2C1. The molecule has 0 radical (unpaired) electrons. The zero-order chi connectivity index (χ0) is 18.2. The number of hydrogen-bond acceptors (Lipinski definition) is 5. The molecule has 1 aromatic rings. The van der Waals surface area contributed by atoms with Crippen LogP contribution in [0.15, 0.2) is 12.4 Å². The first-order valence-corrected chi connectivity index (χ1v) is 10.3. The molecule has 1 aromatic heterocycles. The van der Waals surface area contributed by atoms with Gasteiger partial charge in [0.15, 0.2) is 0 Å². The molecule has 142 valence electrons. The van der Waals surface area contributed by atoms with Gasteiger partial charge in [-0.05, 0) is 49.4 Å². The molecule has 5 aliphatic rings. The highest BCUT2D eigenvalue weighted by Crippen LogP contribution is 2.63. The number of fused-ring (bicyclic) bond motifs is 7. The van der Waals surface area contributed by atoms with Gasteiger partial charge in [0.05, 0.1) is 18.1 Å². The summed E-state index contributed by atoms with van der Waals surface area (Å²) >= 11 is 0. The molecule has 3 amide bonds. The first kappa shape index (κ1) is 16.0. The van der Waals surface area contributed by atoms with Crippen molar-refractivity contribution in [3.63, 3.8) is 0 Å². The molecule has 1 N–H and O–H groups in total. The van der Waals surface area contributed by atoms with E-state index >= 15 is 0 Å². The van der Waals surface area contributed by atoms with Gasteiger partial charge in [-0.3, -0.25) is 19.7 Å². The molecular formula is C20H25N5O2. The van der Waals surface area contributed by atoms with E-state index in [1.165, 1.54) is 24.2 Å². The number of hydrogen-bond donors (Lipinski definition) is 1. The fourth-order valence-electron chi connectivity index (χ4n) is 6.92. The molecule has 1 saturated heterocycles. The molecule has 6 rings (SSSR count). The van der Waals surface area contributed by atoms with Crippen molar-refractivity contribution >= 4 is 11.9 Å². The van der Waals surface area contributed by atoms with Gasteiger partial charge < -0.3 is 5.32 Å². The smallest absolute Gasteiger partial charge is 0.323 e. The number of amides is 3. The zero-order valence-corrected chi connectivity index (χ0v) is 15.4. The van der Waals surface area contributed by atoms with E-state index in [4.69, 9.17) is 0 Å². The fourth-order valence-corrected chi connectivity index (χ4v) is 6.92. The van der Waals surface area contributed by atoms with E-state index < -0.39 is 5.54 Å². The predicted octanol–water partition coefficient (Wildman–Crippen LogP) is 1.54. The lowest BCUT2D eigenvalue weighted by Crippen LogP contribution is -2.55. The third kappa shape index (κ3) is 2.12. The second-order valence-corrected chi connectivity index (χ2v) is 9.09. The van der Waals surface area contributed by atoms with Gasteiger partial charge in [0.25, 0.3) is 5.91 Å². The van der Waals surface area contributed by atoms with Crippen molar-refractivity contribution < 1.29 is 9.59 Å². The first-order chi connectivity index (χ1) is 13.2. The lowest BCUT2D eigenvalue weighted by atomic mass is 9.71. The molecule has 1 spiro atoms. The standard InChI is InChI=1S/C20H25N5O2/c26-18-20(9-12-8-15(20)14-3-1-2-13(12)14)23-19(27)25(18)11-24-7-4-16-17(10-24)22-6-5-21-16/h5-6,12-15H,1-4,7-11H2,(H,23,27). The van der Waals surface area contributed by atoms with Crippen LogP contribution in [0.3, 0.4) is 0 Å². The number of carbonyl (C=O) groups excluding carboxylic acids is 2. The van der Waals surface area contributed by atoms with Gasteiger partial charge in [-0.25, -0.2) is 9.69 Å². The number of nitrogens with one attached hydrogen (secondary N) is 1. The Balaban J connectivity index is 1.22. The topological polar surface area (TPSA) is 78.4 Å². The molecule has 2 aliphatic heterocycles. The van der Waals surface area contributed by atoms with Crippen LogP contribution < -0.4 is 5.32 Å². The highest BCUT2D eigenvalue weighted by atomic mass is 16.2. The van der Waals surface area contributed by atoms with Gasteiger partial charge >= 0.3 is 6.03 Å². The molecule has 7 heteroatoms. The van der Waals surface area contributed by atoms with Gasteiger partial charge in [0, 0.05) is 31.9 Å². The maximum Gasteiger partial charge on any atom is 0.326 e. The summed E-state index contributed by atoms with van der Waals surface area (Å²) in [5, 5.41) is 3.16.